The van der Waals surface area contributed by atoms with Gasteiger partial charge in [0.05, 0.1) is 13.0 Å². The highest BCUT2D eigenvalue weighted by Gasteiger charge is 2.23. The van der Waals surface area contributed by atoms with E-state index in [0.29, 0.717) is 0 Å². The molecule has 0 rings (SSSR count). The van der Waals surface area contributed by atoms with E-state index in [-0.39, 0.29) is 0 Å². The topological polar surface area (TPSA) is 116 Å². The number of carboxylic acids is 2. The molecule has 92 valence electrons. The zero-order chi connectivity index (χ0) is 12.7. The average molecular weight is 240 g/mol. The summed E-state index contributed by atoms with van der Waals surface area (Å²) in [5.74, 6) is -2.99. The monoisotopic (exact) mass is 240 g/mol. The molecule has 0 saturated carbocycles. The maximum atomic E-state index is 11.6. The summed E-state index contributed by atoms with van der Waals surface area (Å²) in [5, 5.41) is 20.2. The molecular weight excluding hydrogens is 230 g/mol. The first-order valence-electron chi connectivity index (χ1n) is 4.10. The predicted molar refractivity (Wildman–Crippen MR) is 46.2 cm³/mol. The highest BCUT2D eigenvalue weighted by Crippen LogP contribution is 1.93. The first-order valence-corrected chi connectivity index (χ1v) is 4.10. The van der Waals surface area contributed by atoms with E-state index in [1.165, 1.54) is 0 Å². The summed E-state index contributed by atoms with van der Waals surface area (Å²) in [6, 6.07) is -2.82. The molecule has 0 radical (unpaired) electrons. The molecule has 7 nitrogen and oxygen atoms in total. The largest absolute Gasteiger partial charge is 0.481 e. The Kier molecular flexibility index (Phi) is 5.75. The number of urea groups is 1. The molecule has 0 spiro atoms. The van der Waals surface area contributed by atoms with Gasteiger partial charge in [-0.3, -0.25) is 4.79 Å². The summed E-state index contributed by atoms with van der Waals surface area (Å²) < 4.78 is 23.3. The second-order valence-electron chi connectivity index (χ2n) is 2.73. The Labute approximate surface area is 88.4 Å². The molecule has 0 aromatic carbocycles. The molecule has 0 aromatic rings. The van der Waals surface area contributed by atoms with E-state index < -0.39 is 43.4 Å². The Hall–Kier alpha value is -1.93. The van der Waals surface area contributed by atoms with Crippen LogP contribution in [0.1, 0.15) is 6.42 Å². The molecule has 2 amide bonds. The van der Waals surface area contributed by atoms with Gasteiger partial charge in [-0.2, -0.15) is 0 Å². The number of nitrogens with one attached hydrogen (secondary N) is 2. The lowest BCUT2D eigenvalue weighted by Gasteiger charge is -2.12. The van der Waals surface area contributed by atoms with E-state index in [9.17, 15) is 23.2 Å². The average Bonchev–Trinajstić information content (AvgIpc) is 2.12. The van der Waals surface area contributed by atoms with Crippen LogP contribution >= 0.6 is 0 Å². The summed E-state index contributed by atoms with van der Waals surface area (Å²) in [7, 11) is 0. The minimum atomic E-state index is -2.77. The fourth-order valence-corrected chi connectivity index (χ4v) is 0.754. The summed E-state index contributed by atoms with van der Waals surface area (Å²) in [6.07, 6.45) is -3.61. The third kappa shape index (κ3) is 6.51. The third-order valence-electron chi connectivity index (χ3n) is 1.40. The number of alkyl halides is 2. The number of carbonyl (C=O) groups excluding carboxylic acids is 1. The lowest BCUT2D eigenvalue weighted by atomic mass is 10.2. The van der Waals surface area contributed by atoms with Crippen molar-refractivity contribution in [3.05, 3.63) is 0 Å². The first kappa shape index (κ1) is 14.1. The number of hydrogen-bond acceptors (Lipinski definition) is 3. The molecular formula is C7H10F2N2O5. The van der Waals surface area contributed by atoms with E-state index in [1.54, 1.807) is 10.6 Å². The van der Waals surface area contributed by atoms with Gasteiger partial charge in [-0.15, -0.1) is 0 Å². The minimum Gasteiger partial charge on any atom is -0.481 e. The molecule has 1 atom stereocenters. The molecule has 9 heteroatoms. The first-order chi connectivity index (χ1) is 7.32. The lowest BCUT2D eigenvalue weighted by Crippen LogP contribution is -2.47. The highest BCUT2D eigenvalue weighted by molar-refractivity contribution is 5.86. The van der Waals surface area contributed by atoms with Crippen molar-refractivity contribution < 1.29 is 33.4 Å². The van der Waals surface area contributed by atoms with E-state index in [1.807, 2.05) is 0 Å². The van der Waals surface area contributed by atoms with Gasteiger partial charge in [0.25, 0.3) is 6.43 Å². The number of rotatable bonds is 6. The van der Waals surface area contributed by atoms with Gasteiger partial charge in [-0.25, -0.2) is 18.4 Å². The van der Waals surface area contributed by atoms with E-state index in [4.69, 9.17) is 10.2 Å². The SMILES string of the molecule is O=C(O)C[C@H](NC(=O)NCC(F)F)C(=O)O. The quantitative estimate of drug-likeness (QED) is 0.498. The van der Waals surface area contributed by atoms with Crippen molar-refractivity contribution >= 4 is 18.0 Å². The van der Waals surface area contributed by atoms with Crippen molar-refractivity contribution in [2.75, 3.05) is 6.54 Å². The van der Waals surface area contributed by atoms with Crippen molar-refractivity contribution in [3.8, 4) is 0 Å². The number of aliphatic carboxylic acids is 2. The van der Waals surface area contributed by atoms with Crippen molar-refractivity contribution in [1.82, 2.24) is 10.6 Å². The highest BCUT2D eigenvalue weighted by atomic mass is 19.3. The zero-order valence-corrected chi connectivity index (χ0v) is 7.94. The molecule has 0 fully saturated rings. The van der Waals surface area contributed by atoms with Crippen LogP contribution in [-0.2, 0) is 9.59 Å². The number of amides is 2. The molecule has 0 heterocycles. The third-order valence-corrected chi connectivity index (χ3v) is 1.40. The fraction of sp³-hybridized carbons (Fsp3) is 0.571. The molecule has 0 saturated heterocycles. The normalized spacial score (nSPS) is 11.9. The van der Waals surface area contributed by atoms with Gasteiger partial charge in [0, 0.05) is 0 Å². The Morgan fingerprint density at radius 3 is 2.12 bits per heavy atom. The van der Waals surface area contributed by atoms with Crippen molar-refractivity contribution in [2.24, 2.45) is 0 Å². The van der Waals surface area contributed by atoms with Crippen molar-refractivity contribution in [1.29, 1.82) is 0 Å². The van der Waals surface area contributed by atoms with Crippen LogP contribution in [0.25, 0.3) is 0 Å². The summed E-state index contributed by atoms with van der Waals surface area (Å²) in [4.78, 5) is 31.5. The summed E-state index contributed by atoms with van der Waals surface area (Å²) >= 11 is 0. The smallest absolute Gasteiger partial charge is 0.326 e. The van der Waals surface area contributed by atoms with Gasteiger partial charge in [0.15, 0.2) is 0 Å². The summed E-state index contributed by atoms with van der Waals surface area (Å²) in [6.45, 7) is -0.939. The molecule has 16 heavy (non-hydrogen) atoms. The van der Waals surface area contributed by atoms with Crippen LogP contribution in [0, 0.1) is 0 Å². The van der Waals surface area contributed by atoms with Gasteiger partial charge < -0.3 is 20.8 Å². The molecule has 0 aliphatic carbocycles. The van der Waals surface area contributed by atoms with Crippen LogP contribution in [0.5, 0.6) is 0 Å². The maximum absolute atomic E-state index is 11.6. The summed E-state index contributed by atoms with van der Waals surface area (Å²) in [5.41, 5.74) is 0. The van der Waals surface area contributed by atoms with Crippen LogP contribution in [0.15, 0.2) is 0 Å². The van der Waals surface area contributed by atoms with Crippen LogP contribution in [0.3, 0.4) is 0 Å². The Balaban J connectivity index is 4.13. The van der Waals surface area contributed by atoms with Crippen LogP contribution in [0.2, 0.25) is 0 Å². The molecule has 0 unspecified atom stereocenters. The number of hydrogen-bond donors (Lipinski definition) is 4. The van der Waals surface area contributed by atoms with E-state index in [0.717, 1.165) is 0 Å². The van der Waals surface area contributed by atoms with Gasteiger partial charge in [-0.05, 0) is 0 Å². The Morgan fingerprint density at radius 2 is 1.75 bits per heavy atom. The van der Waals surface area contributed by atoms with Crippen molar-refractivity contribution in [3.63, 3.8) is 0 Å². The van der Waals surface area contributed by atoms with E-state index in [2.05, 4.69) is 0 Å². The molecule has 0 aromatic heterocycles. The van der Waals surface area contributed by atoms with Crippen LogP contribution in [-0.4, -0.2) is 47.2 Å². The molecule has 0 aliphatic rings. The standard InChI is InChI=1S/C7H10F2N2O5/c8-4(9)2-10-7(16)11-3(6(14)15)1-5(12)13/h3-4H,1-2H2,(H,12,13)(H,14,15)(H2,10,11,16)/t3-/m0/s1. The number of carbonyl (C=O) groups is 3. The number of carboxylic acid groups (broad SMARTS) is 2. The predicted octanol–water partition coefficient (Wildman–Crippen LogP) is -0.521. The second kappa shape index (κ2) is 6.53. The number of halogens is 2. The fourth-order valence-electron chi connectivity index (χ4n) is 0.754. The van der Waals surface area contributed by atoms with Crippen LogP contribution in [0.4, 0.5) is 13.6 Å². The Bertz CT molecular complexity index is 284. The maximum Gasteiger partial charge on any atom is 0.326 e. The second-order valence-corrected chi connectivity index (χ2v) is 2.73. The van der Waals surface area contributed by atoms with Gasteiger partial charge in [0.1, 0.15) is 6.04 Å². The molecule has 0 bridgehead atoms. The van der Waals surface area contributed by atoms with Crippen molar-refractivity contribution in [2.45, 2.75) is 18.9 Å². The van der Waals surface area contributed by atoms with Gasteiger partial charge in [-0.1, -0.05) is 0 Å². The van der Waals surface area contributed by atoms with Gasteiger partial charge >= 0.3 is 18.0 Å². The molecule has 0 aliphatic heterocycles. The Morgan fingerprint density at radius 1 is 1.19 bits per heavy atom. The zero-order valence-electron chi connectivity index (χ0n) is 7.94. The van der Waals surface area contributed by atoms with Crippen LogP contribution < -0.4 is 10.6 Å². The molecule has 4 N–H and O–H groups in total. The van der Waals surface area contributed by atoms with E-state index >= 15 is 0 Å². The lowest BCUT2D eigenvalue weighted by molar-refractivity contribution is -0.145. The minimum absolute atomic E-state index is 0.836. The van der Waals surface area contributed by atoms with Gasteiger partial charge in [0.2, 0.25) is 0 Å².